The topological polar surface area (TPSA) is 161 Å². The van der Waals surface area contributed by atoms with Crippen LogP contribution in [0.15, 0.2) is 29.2 Å². The highest BCUT2D eigenvalue weighted by molar-refractivity contribution is 8.01. The molecule has 6 N–H and O–H groups in total. The summed E-state index contributed by atoms with van der Waals surface area (Å²) in [7, 11) is 1.18. The number of esters is 1. The number of aliphatic hydroxyl groups excluding tert-OH is 3. The lowest BCUT2D eigenvalue weighted by atomic mass is 9.90. The Hall–Kier alpha value is -1.89. The van der Waals surface area contributed by atoms with Gasteiger partial charge in [0, 0.05) is 17.9 Å². The zero-order valence-corrected chi connectivity index (χ0v) is 20.3. The molecule has 0 saturated carbocycles. The van der Waals surface area contributed by atoms with Crippen LogP contribution in [0.2, 0.25) is 0 Å². The average Bonchev–Trinajstić information content (AvgIpc) is 2.74. The second kappa shape index (κ2) is 11.0. The van der Waals surface area contributed by atoms with E-state index in [2.05, 4.69) is 5.32 Å². The highest BCUT2D eigenvalue weighted by Gasteiger charge is 2.56. The third-order valence-corrected chi connectivity index (χ3v) is 6.30. The van der Waals surface area contributed by atoms with Crippen molar-refractivity contribution >= 4 is 23.8 Å². The second-order valence-corrected chi connectivity index (χ2v) is 10.3. The van der Waals surface area contributed by atoms with Gasteiger partial charge >= 0.3 is 12.1 Å². The van der Waals surface area contributed by atoms with Crippen molar-refractivity contribution in [3.05, 3.63) is 29.8 Å². The zero-order chi connectivity index (χ0) is 25.0. The molecule has 0 aromatic heterocycles. The number of thioether (sulfide) groups is 1. The number of aliphatic hydroxyl groups is 3. The van der Waals surface area contributed by atoms with Gasteiger partial charge in [0.2, 0.25) is 4.93 Å². The third-order valence-electron chi connectivity index (χ3n) is 5.03. The molecule has 0 spiro atoms. The SMILES string of the molecule is COC(=O)[C@]1(Sc2ccc(C)cc2)C[C@H](O)[C@@H](NC(=O)OC(C)(C)C)[C@H]([C@H](O)[C@H](O)CN)O1. The van der Waals surface area contributed by atoms with Gasteiger partial charge in [0.1, 0.15) is 17.8 Å². The maximum atomic E-state index is 12.9. The van der Waals surface area contributed by atoms with E-state index in [1.165, 1.54) is 7.11 Å². The van der Waals surface area contributed by atoms with Gasteiger partial charge in [-0.1, -0.05) is 29.5 Å². The number of methoxy groups -OCH3 is 1. The summed E-state index contributed by atoms with van der Waals surface area (Å²) in [5, 5.41) is 34.4. The molecule has 1 saturated heterocycles. The second-order valence-electron chi connectivity index (χ2n) is 8.98. The number of ether oxygens (including phenoxy) is 3. The van der Waals surface area contributed by atoms with E-state index in [-0.39, 0.29) is 13.0 Å². The van der Waals surface area contributed by atoms with Gasteiger partial charge in [0.25, 0.3) is 0 Å². The van der Waals surface area contributed by atoms with E-state index in [0.29, 0.717) is 4.90 Å². The normalized spacial score (nSPS) is 27.4. The molecule has 1 aliphatic heterocycles. The van der Waals surface area contributed by atoms with Crippen LogP contribution in [0.4, 0.5) is 4.79 Å². The molecule has 1 aromatic carbocycles. The Labute approximate surface area is 197 Å². The number of carbonyl (C=O) groups is 2. The molecule has 0 bridgehead atoms. The first-order valence-electron chi connectivity index (χ1n) is 10.6. The van der Waals surface area contributed by atoms with Crippen molar-refractivity contribution in [1.82, 2.24) is 5.32 Å². The van der Waals surface area contributed by atoms with Crippen LogP contribution in [0.5, 0.6) is 0 Å². The Kier molecular flexibility index (Phi) is 9.14. The molecule has 33 heavy (non-hydrogen) atoms. The van der Waals surface area contributed by atoms with Crippen LogP contribution in [-0.2, 0) is 19.0 Å². The van der Waals surface area contributed by atoms with E-state index in [0.717, 1.165) is 17.3 Å². The van der Waals surface area contributed by atoms with E-state index >= 15 is 0 Å². The van der Waals surface area contributed by atoms with Crippen LogP contribution >= 0.6 is 11.8 Å². The summed E-state index contributed by atoms with van der Waals surface area (Å²) >= 11 is 1.00. The monoisotopic (exact) mass is 486 g/mol. The molecule has 6 atom stereocenters. The molecular formula is C22H34N2O8S. The third kappa shape index (κ3) is 7.05. The van der Waals surface area contributed by atoms with Crippen LogP contribution in [-0.4, -0.2) is 82.0 Å². The number of benzene rings is 1. The predicted octanol–water partition coefficient (Wildman–Crippen LogP) is 0.680. The first-order valence-corrected chi connectivity index (χ1v) is 11.4. The Balaban J connectivity index is 2.42. The summed E-state index contributed by atoms with van der Waals surface area (Å²) in [5.74, 6) is -0.790. The number of hydrogen-bond acceptors (Lipinski definition) is 10. The Bertz CT molecular complexity index is 816. The highest BCUT2D eigenvalue weighted by Crippen LogP contribution is 2.44. The van der Waals surface area contributed by atoms with Gasteiger partial charge < -0.3 is 40.6 Å². The summed E-state index contributed by atoms with van der Waals surface area (Å²) < 4.78 is 16.3. The average molecular weight is 487 g/mol. The molecule has 2 rings (SSSR count). The molecule has 10 nitrogen and oxygen atoms in total. The van der Waals surface area contributed by atoms with Crippen molar-refractivity contribution in [3.63, 3.8) is 0 Å². The van der Waals surface area contributed by atoms with E-state index < -0.39 is 53.1 Å². The van der Waals surface area contributed by atoms with Crippen molar-refractivity contribution in [2.45, 2.75) is 80.0 Å². The summed E-state index contributed by atoms with van der Waals surface area (Å²) in [6.07, 6.45) is -6.95. The number of aryl methyl sites for hydroxylation is 1. The van der Waals surface area contributed by atoms with Crippen LogP contribution in [0.3, 0.4) is 0 Å². The Morgan fingerprint density at radius 1 is 1.30 bits per heavy atom. The lowest BCUT2D eigenvalue weighted by Crippen LogP contribution is -2.67. The van der Waals surface area contributed by atoms with Crippen LogP contribution in [0.1, 0.15) is 32.8 Å². The van der Waals surface area contributed by atoms with Gasteiger partial charge in [0.05, 0.1) is 25.4 Å². The molecule has 1 heterocycles. The lowest BCUT2D eigenvalue weighted by molar-refractivity contribution is -0.203. The maximum absolute atomic E-state index is 12.9. The van der Waals surface area contributed by atoms with E-state index in [1.54, 1.807) is 32.9 Å². The fraction of sp³-hybridized carbons (Fsp3) is 0.636. The molecule has 186 valence electrons. The number of carbonyl (C=O) groups excluding carboxylic acids is 2. The summed E-state index contributed by atoms with van der Waals surface area (Å²) in [5.41, 5.74) is 5.70. The zero-order valence-electron chi connectivity index (χ0n) is 19.5. The Morgan fingerprint density at radius 3 is 2.42 bits per heavy atom. The summed E-state index contributed by atoms with van der Waals surface area (Å²) in [4.78, 5) is 24.2. The quantitative estimate of drug-likeness (QED) is 0.347. The van der Waals surface area contributed by atoms with Crippen LogP contribution < -0.4 is 11.1 Å². The lowest BCUT2D eigenvalue weighted by Gasteiger charge is -2.47. The van der Waals surface area contributed by atoms with Gasteiger partial charge in [-0.05, 0) is 39.8 Å². The standard InChI is InChI=1S/C22H34N2O8S/c1-12-6-8-13(9-7-12)33-22(19(28)30-5)10-14(25)16(24-20(29)32-21(2,3)4)18(31-22)17(27)15(26)11-23/h6-9,14-18,25-27H,10-11,23H2,1-5H3,(H,24,29)/t14-,15+,16+,17+,18+,22+/m0/s1. The van der Waals surface area contributed by atoms with Crippen molar-refractivity contribution in [2.24, 2.45) is 5.73 Å². The molecule has 1 fully saturated rings. The molecular weight excluding hydrogens is 452 g/mol. The van der Waals surface area contributed by atoms with Crippen molar-refractivity contribution in [1.29, 1.82) is 0 Å². The van der Waals surface area contributed by atoms with Gasteiger partial charge in [-0.2, -0.15) is 0 Å². The molecule has 0 radical (unpaired) electrons. The summed E-state index contributed by atoms with van der Waals surface area (Å²) in [6, 6.07) is 6.07. The van der Waals surface area contributed by atoms with Gasteiger partial charge in [0.15, 0.2) is 0 Å². The molecule has 0 unspecified atom stereocenters. The maximum Gasteiger partial charge on any atom is 0.408 e. The molecule has 1 aromatic rings. The molecule has 11 heteroatoms. The Morgan fingerprint density at radius 2 is 1.91 bits per heavy atom. The van der Waals surface area contributed by atoms with Crippen molar-refractivity contribution in [2.75, 3.05) is 13.7 Å². The van der Waals surface area contributed by atoms with Crippen molar-refractivity contribution < 1.29 is 39.1 Å². The highest BCUT2D eigenvalue weighted by atomic mass is 32.2. The number of nitrogens with one attached hydrogen (secondary N) is 1. The number of rotatable bonds is 7. The molecule has 0 aliphatic carbocycles. The fourth-order valence-corrected chi connectivity index (χ4v) is 4.65. The van der Waals surface area contributed by atoms with Crippen molar-refractivity contribution in [3.8, 4) is 0 Å². The molecule has 1 amide bonds. The first-order chi connectivity index (χ1) is 15.3. The van der Waals surface area contributed by atoms with Gasteiger partial charge in [-0.15, -0.1) is 0 Å². The van der Waals surface area contributed by atoms with E-state index in [9.17, 15) is 24.9 Å². The van der Waals surface area contributed by atoms with Crippen LogP contribution in [0.25, 0.3) is 0 Å². The minimum Gasteiger partial charge on any atom is -0.466 e. The van der Waals surface area contributed by atoms with E-state index in [1.807, 2.05) is 19.1 Å². The predicted molar refractivity (Wildman–Crippen MR) is 122 cm³/mol. The first kappa shape index (κ1) is 27.4. The van der Waals surface area contributed by atoms with Gasteiger partial charge in [-0.25, -0.2) is 9.59 Å². The van der Waals surface area contributed by atoms with E-state index in [4.69, 9.17) is 19.9 Å². The number of amides is 1. The largest absolute Gasteiger partial charge is 0.466 e. The number of alkyl carbamates (subject to hydrolysis) is 1. The minimum atomic E-state index is -1.75. The minimum absolute atomic E-state index is 0.263. The van der Waals surface area contributed by atoms with Crippen LogP contribution in [0, 0.1) is 6.92 Å². The van der Waals surface area contributed by atoms with Gasteiger partial charge in [-0.3, -0.25) is 0 Å². The smallest absolute Gasteiger partial charge is 0.408 e. The fourth-order valence-electron chi connectivity index (χ4n) is 3.42. The summed E-state index contributed by atoms with van der Waals surface area (Å²) in [6.45, 7) is 6.62. The number of nitrogens with two attached hydrogens (primary N) is 1. The number of hydrogen-bond donors (Lipinski definition) is 5. The molecule has 1 aliphatic rings.